The zero-order chi connectivity index (χ0) is 13.4. The van der Waals surface area contributed by atoms with Gasteiger partial charge in [-0.15, -0.1) is 0 Å². The second-order valence-electron chi connectivity index (χ2n) is 5.24. The number of piperazine rings is 1. The van der Waals surface area contributed by atoms with Crippen molar-refractivity contribution >= 4 is 0 Å². The lowest BCUT2D eigenvalue weighted by molar-refractivity contribution is 0.218. The van der Waals surface area contributed by atoms with Crippen molar-refractivity contribution in [3.63, 3.8) is 0 Å². The third kappa shape index (κ3) is 8.30. The number of nitrogens with zero attached hydrogens (tertiary/aromatic N) is 2. The smallest absolute Gasteiger partial charge is 0.0349 e. The minimum Gasteiger partial charge on any atom is -0.374 e. The SMILES string of the molecule is C.CC(C)=C/C=C/N1CCN(/C=C/C=C(C)C)CC1. The fraction of sp³-hybridized carbons (Fsp3) is 0.529. The Balaban J connectivity index is 0.00000324. The molecule has 0 bridgehead atoms. The molecule has 2 nitrogen and oxygen atoms in total. The fourth-order valence-corrected chi connectivity index (χ4v) is 1.75. The predicted molar refractivity (Wildman–Crippen MR) is 87.0 cm³/mol. The van der Waals surface area contributed by atoms with Crippen LogP contribution in [0.4, 0.5) is 0 Å². The van der Waals surface area contributed by atoms with Gasteiger partial charge in [-0.3, -0.25) is 0 Å². The van der Waals surface area contributed by atoms with Crippen LogP contribution in [0.5, 0.6) is 0 Å². The maximum Gasteiger partial charge on any atom is 0.0349 e. The summed E-state index contributed by atoms with van der Waals surface area (Å²) in [6.45, 7) is 12.9. The first kappa shape index (κ1) is 17.6. The van der Waals surface area contributed by atoms with E-state index in [0.29, 0.717) is 0 Å². The Kier molecular flexibility index (Phi) is 8.77. The number of hydrogen-bond donors (Lipinski definition) is 0. The summed E-state index contributed by atoms with van der Waals surface area (Å²) in [5.74, 6) is 0. The Bertz CT molecular complexity index is 309. The summed E-state index contributed by atoms with van der Waals surface area (Å²) in [5, 5.41) is 0. The molecule has 0 aromatic heterocycles. The van der Waals surface area contributed by atoms with Gasteiger partial charge in [-0.1, -0.05) is 30.7 Å². The Morgan fingerprint density at radius 3 is 1.26 bits per heavy atom. The first-order chi connectivity index (χ1) is 8.58. The summed E-state index contributed by atoms with van der Waals surface area (Å²) in [6.07, 6.45) is 13.0. The third-order valence-electron chi connectivity index (χ3n) is 2.80. The van der Waals surface area contributed by atoms with Crippen LogP contribution in [0.15, 0.2) is 47.9 Å². The molecule has 0 radical (unpaired) electrons. The highest BCUT2D eigenvalue weighted by Gasteiger charge is 2.10. The fourth-order valence-electron chi connectivity index (χ4n) is 1.75. The van der Waals surface area contributed by atoms with Gasteiger partial charge in [0.1, 0.15) is 0 Å². The minimum absolute atomic E-state index is 0. The van der Waals surface area contributed by atoms with E-state index in [1.807, 2.05) is 0 Å². The van der Waals surface area contributed by atoms with Gasteiger partial charge in [0.15, 0.2) is 0 Å². The molecule has 2 heteroatoms. The van der Waals surface area contributed by atoms with Crippen LogP contribution in [0, 0.1) is 0 Å². The molecule has 0 unspecified atom stereocenters. The highest BCUT2D eigenvalue weighted by molar-refractivity contribution is 5.09. The van der Waals surface area contributed by atoms with E-state index in [1.165, 1.54) is 11.1 Å². The molecule has 1 rings (SSSR count). The molecule has 0 amide bonds. The lowest BCUT2D eigenvalue weighted by atomic mass is 10.3. The average molecular weight is 262 g/mol. The van der Waals surface area contributed by atoms with Crippen molar-refractivity contribution in [2.75, 3.05) is 26.2 Å². The maximum absolute atomic E-state index is 2.38. The van der Waals surface area contributed by atoms with Crippen molar-refractivity contribution in [3.8, 4) is 0 Å². The van der Waals surface area contributed by atoms with Gasteiger partial charge < -0.3 is 9.80 Å². The van der Waals surface area contributed by atoms with Crippen LogP contribution >= 0.6 is 0 Å². The molecule has 0 aromatic rings. The summed E-state index contributed by atoms with van der Waals surface area (Å²) in [5.41, 5.74) is 2.68. The number of allylic oxidation sites excluding steroid dienone is 6. The summed E-state index contributed by atoms with van der Waals surface area (Å²) < 4.78 is 0. The van der Waals surface area contributed by atoms with Crippen LogP contribution in [0.2, 0.25) is 0 Å². The molecule has 0 atom stereocenters. The van der Waals surface area contributed by atoms with Gasteiger partial charge in [0.2, 0.25) is 0 Å². The van der Waals surface area contributed by atoms with E-state index in [4.69, 9.17) is 0 Å². The lowest BCUT2D eigenvalue weighted by Gasteiger charge is -2.33. The average Bonchev–Trinajstić information content (AvgIpc) is 2.30. The number of hydrogen-bond acceptors (Lipinski definition) is 2. The lowest BCUT2D eigenvalue weighted by Crippen LogP contribution is -2.41. The Labute approximate surface area is 119 Å². The molecule has 1 aliphatic heterocycles. The number of rotatable bonds is 4. The van der Waals surface area contributed by atoms with Gasteiger partial charge in [-0.25, -0.2) is 0 Å². The molecular weight excluding hydrogens is 232 g/mol. The summed E-state index contributed by atoms with van der Waals surface area (Å²) in [6, 6.07) is 0. The third-order valence-corrected chi connectivity index (χ3v) is 2.80. The van der Waals surface area contributed by atoms with Crippen LogP contribution in [-0.4, -0.2) is 36.0 Å². The largest absolute Gasteiger partial charge is 0.374 e. The highest BCUT2D eigenvalue weighted by atomic mass is 15.2. The summed E-state index contributed by atoms with van der Waals surface area (Å²) in [4.78, 5) is 4.76. The second kappa shape index (κ2) is 9.48. The predicted octanol–water partition coefficient (Wildman–Crippen LogP) is 4.20. The Morgan fingerprint density at radius 1 is 0.684 bits per heavy atom. The van der Waals surface area contributed by atoms with E-state index in [0.717, 1.165) is 26.2 Å². The zero-order valence-corrected chi connectivity index (χ0v) is 12.2. The monoisotopic (exact) mass is 262 g/mol. The van der Waals surface area contributed by atoms with E-state index >= 15 is 0 Å². The normalized spacial score (nSPS) is 15.6. The summed E-state index contributed by atoms with van der Waals surface area (Å²) >= 11 is 0. The molecule has 0 saturated carbocycles. The van der Waals surface area contributed by atoms with Crippen LogP contribution in [0.3, 0.4) is 0 Å². The molecular formula is C17H30N2. The molecule has 19 heavy (non-hydrogen) atoms. The van der Waals surface area contributed by atoms with Crippen LogP contribution in [0.25, 0.3) is 0 Å². The molecule has 1 saturated heterocycles. The van der Waals surface area contributed by atoms with Crippen LogP contribution in [-0.2, 0) is 0 Å². The molecule has 0 aliphatic carbocycles. The van der Waals surface area contributed by atoms with E-state index in [-0.39, 0.29) is 7.43 Å². The second-order valence-corrected chi connectivity index (χ2v) is 5.24. The van der Waals surface area contributed by atoms with Crippen LogP contribution < -0.4 is 0 Å². The van der Waals surface area contributed by atoms with E-state index in [9.17, 15) is 0 Å². The van der Waals surface area contributed by atoms with Gasteiger partial charge in [-0.2, -0.15) is 0 Å². The van der Waals surface area contributed by atoms with Gasteiger partial charge in [0.25, 0.3) is 0 Å². The van der Waals surface area contributed by atoms with E-state index in [2.05, 4.69) is 74.2 Å². The van der Waals surface area contributed by atoms with Crippen molar-refractivity contribution in [2.45, 2.75) is 35.1 Å². The first-order valence-corrected chi connectivity index (χ1v) is 6.69. The van der Waals surface area contributed by atoms with Gasteiger partial charge in [0.05, 0.1) is 0 Å². The molecule has 1 fully saturated rings. The van der Waals surface area contributed by atoms with E-state index < -0.39 is 0 Å². The molecule has 1 heterocycles. The van der Waals surface area contributed by atoms with Crippen molar-refractivity contribution in [1.82, 2.24) is 9.80 Å². The zero-order valence-electron chi connectivity index (χ0n) is 12.2. The van der Waals surface area contributed by atoms with Gasteiger partial charge in [0, 0.05) is 26.2 Å². The molecule has 108 valence electrons. The maximum atomic E-state index is 2.38. The van der Waals surface area contributed by atoms with Crippen molar-refractivity contribution < 1.29 is 0 Å². The molecule has 0 aromatic carbocycles. The summed E-state index contributed by atoms with van der Waals surface area (Å²) in [7, 11) is 0. The van der Waals surface area contributed by atoms with Crippen LogP contribution in [0.1, 0.15) is 35.1 Å². The van der Waals surface area contributed by atoms with Gasteiger partial charge in [-0.05, 0) is 52.2 Å². The topological polar surface area (TPSA) is 6.48 Å². The van der Waals surface area contributed by atoms with Crippen molar-refractivity contribution in [1.29, 1.82) is 0 Å². The first-order valence-electron chi connectivity index (χ1n) is 6.69. The van der Waals surface area contributed by atoms with Crippen molar-refractivity contribution in [2.24, 2.45) is 0 Å². The molecule has 0 spiro atoms. The molecule has 1 aliphatic rings. The molecule has 0 N–H and O–H groups in total. The Hall–Kier alpha value is -1.44. The van der Waals surface area contributed by atoms with Crippen molar-refractivity contribution in [3.05, 3.63) is 47.9 Å². The quantitative estimate of drug-likeness (QED) is 0.701. The van der Waals surface area contributed by atoms with E-state index in [1.54, 1.807) is 0 Å². The minimum atomic E-state index is 0. The van der Waals surface area contributed by atoms with Gasteiger partial charge >= 0.3 is 0 Å². The standard InChI is InChI=1S/C16H26N2.CH4/c1-15(2)7-5-9-17-11-13-18(14-12-17)10-6-8-16(3)4;/h5-10H,11-14H2,1-4H3;1H4/b9-5+,10-6+;. The highest BCUT2D eigenvalue weighted by Crippen LogP contribution is 2.04. The Morgan fingerprint density at radius 2 is 1.00 bits per heavy atom.